The molecule has 0 radical (unpaired) electrons. The molecule has 0 spiro atoms. The molecule has 2 aromatic carbocycles. The van der Waals surface area contributed by atoms with Gasteiger partial charge in [-0.1, -0.05) is 36.4 Å². The molecule has 3 nitrogen and oxygen atoms in total. The van der Waals surface area contributed by atoms with Gasteiger partial charge in [0.25, 0.3) is 0 Å². The molecule has 0 saturated carbocycles. The van der Waals surface area contributed by atoms with Crippen LogP contribution in [0.1, 0.15) is 11.1 Å². The van der Waals surface area contributed by atoms with Crippen LogP contribution in [0, 0.1) is 0 Å². The van der Waals surface area contributed by atoms with E-state index in [2.05, 4.69) is 53.4 Å². The molecule has 23 heavy (non-hydrogen) atoms. The van der Waals surface area contributed by atoms with E-state index in [1.165, 1.54) is 21.7 Å². The number of thioether (sulfide) groups is 1. The number of carbonyl (C=O) groups is 1. The number of carbonyl (C=O) groups excluding carboxylic acids is 1. The van der Waals surface area contributed by atoms with E-state index in [4.69, 9.17) is 0 Å². The summed E-state index contributed by atoms with van der Waals surface area (Å²) in [5, 5.41) is 0. The number of benzene rings is 2. The third-order valence-electron chi connectivity index (χ3n) is 4.63. The Bertz CT molecular complexity index is 731. The molecule has 0 saturated heterocycles. The van der Waals surface area contributed by atoms with Gasteiger partial charge in [-0.25, -0.2) is 0 Å². The summed E-state index contributed by atoms with van der Waals surface area (Å²) >= 11 is 1.88. The molecule has 4 heteroatoms. The van der Waals surface area contributed by atoms with Crippen LogP contribution >= 0.6 is 11.8 Å². The number of fused-ring (bicyclic) bond motifs is 2. The van der Waals surface area contributed by atoms with Crippen LogP contribution in [-0.4, -0.2) is 36.2 Å². The maximum absolute atomic E-state index is 12.8. The third kappa shape index (κ3) is 2.95. The van der Waals surface area contributed by atoms with Gasteiger partial charge in [0.15, 0.2) is 0 Å². The molecule has 2 aromatic rings. The van der Waals surface area contributed by atoms with Crippen molar-refractivity contribution in [2.24, 2.45) is 0 Å². The van der Waals surface area contributed by atoms with Crippen LogP contribution < -0.4 is 4.90 Å². The van der Waals surface area contributed by atoms with E-state index < -0.39 is 0 Å². The number of anilines is 1. The van der Waals surface area contributed by atoms with Crippen molar-refractivity contribution in [2.75, 3.05) is 30.3 Å². The van der Waals surface area contributed by atoms with E-state index in [1.807, 2.05) is 16.7 Å². The van der Waals surface area contributed by atoms with Crippen molar-refractivity contribution < 1.29 is 4.79 Å². The predicted octanol–water partition coefficient (Wildman–Crippen LogP) is 3.18. The molecule has 2 heterocycles. The molecule has 0 N–H and O–H groups in total. The highest BCUT2D eigenvalue weighted by molar-refractivity contribution is 7.99. The van der Waals surface area contributed by atoms with Crippen molar-refractivity contribution in [1.29, 1.82) is 0 Å². The monoisotopic (exact) mass is 324 g/mol. The highest BCUT2D eigenvalue weighted by Crippen LogP contribution is 2.34. The van der Waals surface area contributed by atoms with Crippen molar-refractivity contribution in [1.82, 2.24) is 4.90 Å². The van der Waals surface area contributed by atoms with Crippen LogP contribution in [0.15, 0.2) is 53.4 Å². The quantitative estimate of drug-likeness (QED) is 0.848. The van der Waals surface area contributed by atoms with Crippen molar-refractivity contribution >= 4 is 23.4 Å². The number of hydrogen-bond donors (Lipinski definition) is 0. The SMILES string of the molecule is O=C(CN1CCSc2ccccc21)N1CCc2ccccc2C1. The fourth-order valence-corrected chi connectivity index (χ4v) is 4.41. The van der Waals surface area contributed by atoms with Crippen LogP contribution in [0.3, 0.4) is 0 Å². The molecule has 0 atom stereocenters. The lowest BCUT2D eigenvalue weighted by Gasteiger charge is -2.34. The number of hydrogen-bond acceptors (Lipinski definition) is 3. The van der Waals surface area contributed by atoms with Gasteiger partial charge in [-0.05, 0) is 29.7 Å². The van der Waals surface area contributed by atoms with Crippen molar-refractivity contribution in [3.05, 3.63) is 59.7 Å². The topological polar surface area (TPSA) is 23.6 Å². The van der Waals surface area contributed by atoms with Gasteiger partial charge in [0.1, 0.15) is 0 Å². The maximum atomic E-state index is 12.8. The van der Waals surface area contributed by atoms with Gasteiger partial charge in [0, 0.05) is 30.3 Å². The molecule has 1 amide bonds. The molecule has 0 aromatic heterocycles. The van der Waals surface area contributed by atoms with E-state index in [-0.39, 0.29) is 5.91 Å². The first-order chi connectivity index (χ1) is 11.3. The second-order valence-corrected chi connectivity index (χ2v) is 7.21. The Labute approximate surface area is 141 Å². The number of amides is 1. The minimum Gasteiger partial charge on any atom is -0.360 e. The van der Waals surface area contributed by atoms with Crippen molar-refractivity contribution in [2.45, 2.75) is 17.9 Å². The lowest BCUT2D eigenvalue weighted by atomic mass is 10.00. The molecule has 2 aliphatic heterocycles. The van der Waals surface area contributed by atoms with Gasteiger partial charge in [0.2, 0.25) is 5.91 Å². The summed E-state index contributed by atoms with van der Waals surface area (Å²) < 4.78 is 0. The highest BCUT2D eigenvalue weighted by Gasteiger charge is 2.24. The van der Waals surface area contributed by atoms with Gasteiger partial charge in [-0.3, -0.25) is 4.79 Å². The van der Waals surface area contributed by atoms with Crippen LogP contribution in [0.2, 0.25) is 0 Å². The zero-order chi connectivity index (χ0) is 15.6. The number of para-hydroxylation sites is 1. The Morgan fingerprint density at radius 3 is 2.70 bits per heavy atom. The lowest BCUT2D eigenvalue weighted by molar-refractivity contribution is -0.130. The molecule has 0 bridgehead atoms. The fraction of sp³-hybridized carbons (Fsp3) is 0.316. The van der Waals surface area contributed by atoms with E-state index in [0.29, 0.717) is 6.54 Å². The van der Waals surface area contributed by atoms with Gasteiger partial charge >= 0.3 is 0 Å². The van der Waals surface area contributed by atoms with E-state index in [1.54, 1.807) is 0 Å². The lowest BCUT2D eigenvalue weighted by Crippen LogP contribution is -2.44. The van der Waals surface area contributed by atoms with Crippen LogP contribution in [0.5, 0.6) is 0 Å². The smallest absolute Gasteiger partial charge is 0.242 e. The number of nitrogens with zero attached hydrogens (tertiary/aromatic N) is 2. The molecular weight excluding hydrogens is 304 g/mol. The minimum absolute atomic E-state index is 0.237. The van der Waals surface area contributed by atoms with Gasteiger partial charge in [-0.2, -0.15) is 0 Å². The summed E-state index contributed by atoms with van der Waals surface area (Å²) in [5.74, 6) is 1.29. The minimum atomic E-state index is 0.237. The highest BCUT2D eigenvalue weighted by atomic mass is 32.2. The van der Waals surface area contributed by atoms with Crippen molar-refractivity contribution in [3.63, 3.8) is 0 Å². The first kappa shape index (κ1) is 14.6. The molecule has 2 aliphatic rings. The number of rotatable bonds is 2. The van der Waals surface area contributed by atoms with Gasteiger partial charge < -0.3 is 9.80 Å². The normalized spacial score (nSPS) is 16.7. The predicted molar refractivity (Wildman–Crippen MR) is 94.9 cm³/mol. The molecule has 0 aliphatic carbocycles. The summed E-state index contributed by atoms with van der Waals surface area (Å²) in [6.45, 7) is 3.01. The summed E-state index contributed by atoms with van der Waals surface area (Å²) in [6, 6.07) is 16.9. The Morgan fingerprint density at radius 2 is 1.78 bits per heavy atom. The molecule has 118 valence electrons. The molecule has 0 fully saturated rings. The molecule has 4 rings (SSSR count). The Hall–Kier alpha value is -1.94. The average Bonchev–Trinajstić information content (AvgIpc) is 2.61. The Balaban J connectivity index is 1.47. The third-order valence-corrected chi connectivity index (χ3v) is 5.68. The van der Waals surface area contributed by atoms with E-state index >= 15 is 0 Å². The van der Waals surface area contributed by atoms with Crippen LogP contribution in [0.25, 0.3) is 0 Å². The summed E-state index contributed by atoms with van der Waals surface area (Å²) in [7, 11) is 0. The Kier molecular flexibility index (Phi) is 4.00. The van der Waals surface area contributed by atoms with Gasteiger partial charge in [-0.15, -0.1) is 11.8 Å². The first-order valence-corrected chi connectivity index (χ1v) is 9.11. The summed E-state index contributed by atoms with van der Waals surface area (Å²) in [4.78, 5) is 18.3. The zero-order valence-corrected chi connectivity index (χ0v) is 13.9. The maximum Gasteiger partial charge on any atom is 0.242 e. The summed E-state index contributed by atoms with van der Waals surface area (Å²) in [5.41, 5.74) is 3.88. The molecular formula is C19H20N2OS. The average molecular weight is 324 g/mol. The van der Waals surface area contributed by atoms with E-state index in [9.17, 15) is 4.79 Å². The second-order valence-electron chi connectivity index (χ2n) is 6.07. The summed E-state index contributed by atoms with van der Waals surface area (Å²) in [6.07, 6.45) is 0.967. The van der Waals surface area contributed by atoms with Gasteiger partial charge in [0.05, 0.1) is 12.2 Å². The largest absolute Gasteiger partial charge is 0.360 e. The second kappa shape index (κ2) is 6.28. The standard InChI is InChI=1S/C19H20N2OS/c22-19(21-10-9-15-5-1-2-6-16(15)13-21)14-20-11-12-23-18-8-4-3-7-17(18)20/h1-8H,9-14H2. The zero-order valence-electron chi connectivity index (χ0n) is 13.1. The van der Waals surface area contributed by atoms with Crippen LogP contribution in [-0.2, 0) is 17.8 Å². The Morgan fingerprint density at radius 1 is 1.00 bits per heavy atom. The fourth-order valence-electron chi connectivity index (χ4n) is 3.36. The molecule has 0 unspecified atom stereocenters. The van der Waals surface area contributed by atoms with Crippen LogP contribution in [0.4, 0.5) is 5.69 Å². The van der Waals surface area contributed by atoms with E-state index in [0.717, 1.165) is 31.8 Å². The van der Waals surface area contributed by atoms with Crippen molar-refractivity contribution in [3.8, 4) is 0 Å². The first-order valence-electron chi connectivity index (χ1n) is 8.12.